The van der Waals surface area contributed by atoms with Crippen LogP contribution in [0, 0.1) is 0 Å². The van der Waals surface area contributed by atoms with Gasteiger partial charge < -0.3 is 84.2 Å². The van der Waals surface area contributed by atoms with Crippen LogP contribution in [0.15, 0.2) is 0 Å². The molecule has 10 N–H and O–H groups in total. The van der Waals surface area contributed by atoms with Crippen molar-refractivity contribution in [2.45, 2.75) is 98.4 Å². The maximum Gasteiger partial charge on any atom is 0.187 e. The lowest BCUT2D eigenvalue weighted by atomic mass is 10.1. The van der Waals surface area contributed by atoms with Gasteiger partial charge in [0.1, 0.15) is 73.2 Å². The van der Waals surface area contributed by atoms with E-state index in [1.165, 1.54) is 0 Å². The summed E-state index contributed by atoms with van der Waals surface area (Å²) in [5, 5.41) is 98.6. The summed E-state index contributed by atoms with van der Waals surface area (Å²) in [4.78, 5) is 0. The van der Waals surface area contributed by atoms with Crippen LogP contribution in [0.2, 0.25) is 0 Å². The zero-order valence-electron chi connectivity index (χ0n) is 19.4. The third-order valence-electron chi connectivity index (χ3n) is 6.79. The summed E-state index contributed by atoms with van der Waals surface area (Å²) < 4.78 is 38.5. The van der Waals surface area contributed by atoms with Crippen molar-refractivity contribution in [3.63, 3.8) is 0 Å². The molecule has 4 aliphatic heterocycles. The fraction of sp³-hybridized carbons (Fsp3) is 1.00. The molecule has 4 aliphatic rings. The van der Waals surface area contributed by atoms with Crippen LogP contribution in [0.1, 0.15) is 0 Å². The van der Waals surface area contributed by atoms with E-state index in [1.807, 2.05) is 0 Å². The Hall–Kier alpha value is -0.680. The predicted octanol–water partition coefficient (Wildman–Crippen LogP) is -7.19. The van der Waals surface area contributed by atoms with Gasteiger partial charge in [-0.1, -0.05) is 0 Å². The number of hydrogen-bond donors (Lipinski definition) is 10. The molecule has 0 aliphatic carbocycles. The lowest BCUT2D eigenvalue weighted by molar-refractivity contribution is -0.268. The first-order valence-electron chi connectivity index (χ1n) is 11.7. The largest absolute Gasteiger partial charge is 0.394 e. The lowest BCUT2D eigenvalue weighted by Crippen LogP contribution is -2.48. The van der Waals surface area contributed by atoms with Crippen LogP contribution in [0.25, 0.3) is 0 Å². The van der Waals surface area contributed by atoms with Crippen molar-refractivity contribution in [2.75, 3.05) is 26.4 Å². The molecule has 0 saturated carbocycles. The summed E-state index contributed by atoms with van der Waals surface area (Å²) in [6.07, 6.45) is -22.8. The highest BCUT2D eigenvalue weighted by Gasteiger charge is 2.55. The summed E-state index contributed by atoms with van der Waals surface area (Å²) in [5.74, 6) is 0. The normalized spacial score (nSPS) is 52.4. The molecule has 37 heavy (non-hydrogen) atoms. The first kappa shape index (κ1) is 29.3. The molecule has 0 aromatic rings. The monoisotopic (exact) mass is 546 g/mol. The molecule has 0 aromatic heterocycles. The van der Waals surface area contributed by atoms with Gasteiger partial charge in [-0.25, -0.2) is 0 Å². The first-order valence-corrected chi connectivity index (χ1v) is 11.7. The highest BCUT2D eigenvalue weighted by atomic mass is 16.8. The zero-order chi connectivity index (χ0) is 27.0. The Morgan fingerprint density at radius 2 is 0.919 bits per heavy atom. The topological polar surface area (TPSA) is 267 Å². The van der Waals surface area contributed by atoms with Crippen LogP contribution in [-0.4, -0.2) is 176 Å². The number of aliphatic hydroxyl groups is 10. The molecular weight excluding hydrogens is 512 g/mol. The summed E-state index contributed by atoms with van der Waals surface area (Å²) in [7, 11) is 0. The Morgan fingerprint density at radius 3 is 1.35 bits per heavy atom. The highest BCUT2D eigenvalue weighted by Crippen LogP contribution is 2.35. The summed E-state index contributed by atoms with van der Waals surface area (Å²) in [5.41, 5.74) is 0. The fourth-order valence-electron chi connectivity index (χ4n) is 4.60. The number of rotatable bonds is 10. The van der Waals surface area contributed by atoms with E-state index in [0.717, 1.165) is 0 Å². The van der Waals surface area contributed by atoms with Crippen molar-refractivity contribution in [1.29, 1.82) is 0 Å². The average Bonchev–Trinajstić information content (AvgIpc) is 3.54. The molecule has 0 radical (unpaired) electrons. The Balaban J connectivity index is 1.51. The Morgan fingerprint density at radius 1 is 0.459 bits per heavy atom. The molecule has 1 unspecified atom stereocenters. The van der Waals surface area contributed by atoms with Gasteiger partial charge in [-0.3, -0.25) is 0 Å². The summed E-state index contributed by atoms with van der Waals surface area (Å²) in [6.45, 7) is -2.38. The lowest BCUT2D eigenvalue weighted by Gasteiger charge is -2.30. The average molecular weight is 546 g/mol. The molecule has 216 valence electrons. The Kier molecular flexibility index (Phi) is 9.69. The van der Waals surface area contributed by atoms with Crippen LogP contribution in [0.4, 0.5) is 0 Å². The molecule has 4 saturated heterocycles. The van der Waals surface area contributed by atoms with Crippen molar-refractivity contribution in [1.82, 2.24) is 0 Å². The van der Waals surface area contributed by atoms with E-state index >= 15 is 0 Å². The summed E-state index contributed by atoms with van der Waals surface area (Å²) in [6, 6.07) is 0. The van der Waals surface area contributed by atoms with E-state index in [1.54, 1.807) is 0 Å². The third-order valence-corrected chi connectivity index (χ3v) is 6.79. The van der Waals surface area contributed by atoms with E-state index in [0.29, 0.717) is 0 Å². The van der Waals surface area contributed by atoms with Crippen molar-refractivity contribution in [3.05, 3.63) is 0 Å². The van der Waals surface area contributed by atoms with Crippen LogP contribution >= 0.6 is 0 Å². The minimum Gasteiger partial charge on any atom is -0.394 e. The number of ether oxygens (including phenoxy) is 7. The fourth-order valence-corrected chi connectivity index (χ4v) is 4.60. The van der Waals surface area contributed by atoms with Gasteiger partial charge in [0.15, 0.2) is 25.2 Å². The van der Waals surface area contributed by atoms with Crippen LogP contribution in [-0.2, 0) is 33.2 Å². The molecule has 17 nitrogen and oxygen atoms in total. The molecule has 16 atom stereocenters. The minimum absolute atomic E-state index is 0.450. The van der Waals surface area contributed by atoms with Crippen molar-refractivity contribution in [3.8, 4) is 0 Å². The number of hydrogen-bond acceptors (Lipinski definition) is 17. The molecule has 4 heterocycles. The van der Waals surface area contributed by atoms with E-state index < -0.39 is 125 Å². The molecule has 4 rings (SSSR count). The van der Waals surface area contributed by atoms with Gasteiger partial charge in [0.2, 0.25) is 0 Å². The summed E-state index contributed by atoms with van der Waals surface area (Å²) >= 11 is 0. The molecule has 4 fully saturated rings. The van der Waals surface area contributed by atoms with Gasteiger partial charge in [0, 0.05) is 0 Å². The predicted molar refractivity (Wildman–Crippen MR) is 110 cm³/mol. The van der Waals surface area contributed by atoms with Crippen LogP contribution in [0.5, 0.6) is 0 Å². The van der Waals surface area contributed by atoms with E-state index in [9.17, 15) is 51.1 Å². The second-order valence-electron chi connectivity index (χ2n) is 9.22. The smallest absolute Gasteiger partial charge is 0.187 e. The van der Waals surface area contributed by atoms with Crippen molar-refractivity contribution >= 4 is 0 Å². The quantitative estimate of drug-likeness (QED) is 0.122. The van der Waals surface area contributed by atoms with Crippen LogP contribution < -0.4 is 0 Å². The first-order chi connectivity index (χ1) is 17.6. The molecule has 0 aromatic carbocycles. The molecule has 0 spiro atoms. The van der Waals surface area contributed by atoms with Gasteiger partial charge in [0.05, 0.1) is 26.4 Å². The second kappa shape index (κ2) is 12.2. The van der Waals surface area contributed by atoms with Crippen molar-refractivity contribution in [2.24, 2.45) is 0 Å². The van der Waals surface area contributed by atoms with E-state index in [2.05, 4.69) is 0 Å². The minimum atomic E-state index is -1.66. The van der Waals surface area contributed by atoms with Gasteiger partial charge in [-0.2, -0.15) is 0 Å². The van der Waals surface area contributed by atoms with Gasteiger partial charge in [0.25, 0.3) is 0 Å². The van der Waals surface area contributed by atoms with Gasteiger partial charge in [-0.05, 0) is 0 Å². The maximum absolute atomic E-state index is 10.3. The molecule has 0 amide bonds. The van der Waals surface area contributed by atoms with Crippen molar-refractivity contribution < 1.29 is 84.2 Å². The third kappa shape index (κ3) is 5.79. The standard InChI is InChI=1S/C20H34O17/c21-1-5-9(24)13(28)18(33-5)36-15-7(3-23)35-20(31-4-8-11(26)12(27)17(30)32-8)16(15)37-19-14(29)10(25)6(2-22)34-19/h5-30H,1-4H2/t5-,6-,7-,8-,9-,10-,11-,12+,13+,14+,15-,16+,17?,18-,19-,20+/m0/s1. The molecule has 17 heteroatoms. The highest BCUT2D eigenvalue weighted by molar-refractivity contribution is 4.95. The Labute approximate surface area is 209 Å². The molecule has 0 bridgehead atoms. The van der Waals surface area contributed by atoms with E-state index in [4.69, 9.17) is 33.2 Å². The van der Waals surface area contributed by atoms with E-state index in [-0.39, 0.29) is 0 Å². The second-order valence-corrected chi connectivity index (χ2v) is 9.22. The molecular formula is C20H34O17. The van der Waals surface area contributed by atoms with Gasteiger partial charge in [-0.15, -0.1) is 0 Å². The maximum atomic E-state index is 10.3. The number of aliphatic hydroxyl groups excluding tert-OH is 10. The zero-order valence-corrected chi connectivity index (χ0v) is 19.4. The Bertz CT molecular complexity index is 731. The van der Waals surface area contributed by atoms with Gasteiger partial charge >= 0.3 is 0 Å². The van der Waals surface area contributed by atoms with Crippen LogP contribution in [0.3, 0.4) is 0 Å². The SMILES string of the molecule is OC[C@@H]1O[C@@H](O[C@@H]2[C@@H](O[C@@H]3O[C@@H](CO)[C@H](O)[C@H]3O)[C@H](OC[C@@H]3OC(O)[C@H](O)[C@H]3O)O[C@H]2CO)[C@H](O)[C@H]1O.